The number of nitro benzene ring substituents is 1. The third-order valence-corrected chi connectivity index (χ3v) is 3.54. The van der Waals surface area contributed by atoms with E-state index in [1.807, 2.05) is 20.8 Å². The molecule has 25 heavy (non-hydrogen) atoms. The number of aromatic nitrogens is 2. The van der Waals surface area contributed by atoms with Gasteiger partial charge in [0.15, 0.2) is 0 Å². The Labute approximate surface area is 144 Å². The highest BCUT2D eigenvalue weighted by atomic mass is 16.6. The molecule has 2 rings (SSSR count). The molecule has 0 amide bonds. The maximum atomic E-state index is 11.9. The Kier molecular flexibility index (Phi) is 5.48. The van der Waals surface area contributed by atoms with Gasteiger partial charge in [-0.15, -0.1) is 0 Å². The van der Waals surface area contributed by atoms with Crippen LogP contribution in [0.15, 0.2) is 28.8 Å². The van der Waals surface area contributed by atoms with Crippen LogP contribution in [0.2, 0.25) is 0 Å². The van der Waals surface area contributed by atoms with E-state index in [-0.39, 0.29) is 35.3 Å². The van der Waals surface area contributed by atoms with Gasteiger partial charge in [0.05, 0.1) is 18.6 Å². The molecule has 2 aromatic rings. The smallest absolute Gasteiger partial charge is 0.323 e. The number of ether oxygens (including phenoxy) is 1. The number of methoxy groups -OCH3 is 1. The van der Waals surface area contributed by atoms with Gasteiger partial charge in [0.25, 0.3) is 5.69 Å². The molecule has 1 N–H and O–H groups in total. The van der Waals surface area contributed by atoms with Crippen LogP contribution in [-0.4, -0.2) is 34.2 Å². The fourth-order valence-electron chi connectivity index (χ4n) is 2.25. The fraction of sp³-hybridized carbons (Fsp3) is 0.438. The molecule has 0 unspecified atom stereocenters. The summed E-state index contributed by atoms with van der Waals surface area (Å²) >= 11 is 0. The summed E-state index contributed by atoms with van der Waals surface area (Å²) in [5, 5.41) is 17.7. The van der Waals surface area contributed by atoms with Gasteiger partial charge in [-0.25, -0.2) is 0 Å². The van der Waals surface area contributed by atoms with Crippen molar-refractivity contribution in [2.45, 2.75) is 33.4 Å². The standard InChI is InChI=1S/C16H20N4O5/c1-16(2,3)13(15(21)24-4)17-9-12-18-14(19-25-12)10-6-5-7-11(8-10)20(22)23/h5-8,13,17H,9H2,1-4H3/t13-/m0/s1. The summed E-state index contributed by atoms with van der Waals surface area (Å²) < 4.78 is 9.96. The Morgan fingerprint density at radius 3 is 2.76 bits per heavy atom. The van der Waals surface area contributed by atoms with Gasteiger partial charge in [-0.3, -0.25) is 20.2 Å². The van der Waals surface area contributed by atoms with Gasteiger partial charge in [-0.2, -0.15) is 4.98 Å². The first-order valence-corrected chi connectivity index (χ1v) is 7.61. The lowest BCUT2D eigenvalue weighted by atomic mass is 9.87. The molecule has 0 aliphatic heterocycles. The van der Waals surface area contributed by atoms with Crippen LogP contribution in [0.4, 0.5) is 5.69 Å². The second kappa shape index (κ2) is 7.39. The van der Waals surface area contributed by atoms with Gasteiger partial charge in [0.1, 0.15) is 6.04 Å². The summed E-state index contributed by atoms with van der Waals surface area (Å²) in [6.45, 7) is 5.89. The molecule has 1 aromatic heterocycles. The second-order valence-electron chi connectivity index (χ2n) is 6.52. The normalized spacial score (nSPS) is 12.6. The average molecular weight is 348 g/mol. The number of non-ortho nitro benzene ring substituents is 1. The lowest BCUT2D eigenvalue weighted by Crippen LogP contribution is -2.46. The molecule has 0 radical (unpaired) electrons. The number of rotatable bonds is 6. The monoisotopic (exact) mass is 348 g/mol. The quantitative estimate of drug-likeness (QED) is 0.480. The molecule has 0 fully saturated rings. The van der Waals surface area contributed by atoms with E-state index in [4.69, 9.17) is 9.26 Å². The zero-order valence-electron chi connectivity index (χ0n) is 14.5. The van der Waals surface area contributed by atoms with Crippen LogP contribution in [0.5, 0.6) is 0 Å². The highest BCUT2D eigenvalue weighted by Crippen LogP contribution is 2.23. The minimum Gasteiger partial charge on any atom is -0.468 e. The zero-order chi connectivity index (χ0) is 18.6. The molecule has 1 heterocycles. The minimum absolute atomic E-state index is 0.0551. The topological polar surface area (TPSA) is 120 Å². The predicted molar refractivity (Wildman–Crippen MR) is 88.5 cm³/mol. The van der Waals surface area contributed by atoms with Crippen LogP contribution >= 0.6 is 0 Å². The minimum atomic E-state index is -0.550. The molecular weight excluding hydrogens is 328 g/mol. The van der Waals surface area contributed by atoms with E-state index < -0.39 is 11.0 Å². The van der Waals surface area contributed by atoms with Crippen LogP contribution in [0.1, 0.15) is 26.7 Å². The summed E-state index contributed by atoms with van der Waals surface area (Å²) in [5.74, 6) is 0.122. The van der Waals surface area contributed by atoms with Crippen molar-refractivity contribution in [1.29, 1.82) is 0 Å². The maximum absolute atomic E-state index is 11.9. The molecule has 9 heteroatoms. The number of esters is 1. The number of carbonyl (C=O) groups excluding carboxylic acids is 1. The molecule has 9 nitrogen and oxygen atoms in total. The van der Waals surface area contributed by atoms with Gasteiger partial charge in [0, 0.05) is 17.7 Å². The van der Waals surface area contributed by atoms with Gasteiger partial charge in [0.2, 0.25) is 11.7 Å². The number of hydrogen-bond acceptors (Lipinski definition) is 8. The van der Waals surface area contributed by atoms with Gasteiger partial charge >= 0.3 is 5.97 Å². The molecule has 0 saturated carbocycles. The van der Waals surface area contributed by atoms with E-state index in [1.54, 1.807) is 12.1 Å². The van der Waals surface area contributed by atoms with Crippen LogP contribution in [0, 0.1) is 15.5 Å². The Hall–Kier alpha value is -2.81. The largest absolute Gasteiger partial charge is 0.468 e. The molecule has 1 atom stereocenters. The third kappa shape index (κ3) is 4.60. The fourth-order valence-corrected chi connectivity index (χ4v) is 2.25. The summed E-state index contributed by atoms with van der Waals surface area (Å²) in [6.07, 6.45) is 0. The number of hydrogen-bond donors (Lipinski definition) is 1. The molecule has 1 aromatic carbocycles. The number of nitrogens with zero attached hydrogens (tertiary/aromatic N) is 3. The number of carbonyl (C=O) groups is 1. The van der Waals surface area contributed by atoms with Crippen LogP contribution in [0.3, 0.4) is 0 Å². The van der Waals surface area contributed by atoms with E-state index >= 15 is 0 Å². The lowest BCUT2D eigenvalue weighted by molar-refractivity contribution is -0.384. The molecule has 0 aliphatic rings. The van der Waals surface area contributed by atoms with E-state index in [1.165, 1.54) is 19.2 Å². The van der Waals surface area contributed by atoms with Crippen molar-refractivity contribution in [3.05, 3.63) is 40.3 Å². The molecule has 0 saturated heterocycles. The molecule has 134 valence electrons. The average Bonchev–Trinajstić information content (AvgIpc) is 3.02. The first kappa shape index (κ1) is 18.5. The summed E-state index contributed by atoms with van der Waals surface area (Å²) in [6, 6.07) is 5.41. The first-order valence-electron chi connectivity index (χ1n) is 7.61. The van der Waals surface area contributed by atoms with Crippen molar-refractivity contribution in [3.63, 3.8) is 0 Å². The molecule has 0 bridgehead atoms. The highest BCUT2D eigenvalue weighted by Gasteiger charge is 2.32. The SMILES string of the molecule is COC(=O)[C@H](NCc1nc(-c2cccc([N+](=O)[O-])c2)no1)C(C)(C)C. The summed E-state index contributed by atoms with van der Waals surface area (Å²) in [5.41, 5.74) is 0.0562. The number of nitro groups is 1. The molecule has 0 spiro atoms. The van der Waals surface area contributed by atoms with Crippen LogP contribution in [-0.2, 0) is 16.1 Å². The lowest BCUT2D eigenvalue weighted by Gasteiger charge is -2.28. The number of nitrogens with one attached hydrogen (secondary N) is 1. The van der Waals surface area contributed by atoms with Gasteiger partial charge in [-0.05, 0) is 5.41 Å². The van der Waals surface area contributed by atoms with Crippen molar-refractivity contribution >= 4 is 11.7 Å². The Morgan fingerprint density at radius 1 is 1.44 bits per heavy atom. The van der Waals surface area contributed by atoms with Crippen LogP contribution < -0.4 is 5.32 Å². The zero-order valence-corrected chi connectivity index (χ0v) is 14.5. The maximum Gasteiger partial charge on any atom is 0.323 e. The van der Waals surface area contributed by atoms with Crippen molar-refractivity contribution in [2.24, 2.45) is 5.41 Å². The van der Waals surface area contributed by atoms with E-state index in [9.17, 15) is 14.9 Å². The van der Waals surface area contributed by atoms with E-state index in [2.05, 4.69) is 15.5 Å². The van der Waals surface area contributed by atoms with E-state index in [0.717, 1.165) is 0 Å². The Bertz CT molecular complexity index is 766. The van der Waals surface area contributed by atoms with Crippen molar-refractivity contribution in [2.75, 3.05) is 7.11 Å². The third-order valence-electron chi connectivity index (χ3n) is 3.54. The summed E-state index contributed by atoms with van der Waals surface area (Å²) in [7, 11) is 1.33. The molecular formula is C16H20N4O5. The summed E-state index contributed by atoms with van der Waals surface area (Å²) in [4.78, 5) is 26.4. The number of benzene rings is 1. The predicted octanol–water partition coefficient (Wildman–Crippen LogP) is 2.32. The van der Waals surface area contributed by atoms with Gasteiger partial charge in [-0.1, -0.05) is 38.1 Å². The van der Waals surface area contributed by atoms with E-state index in [0.29, 0.717) is 5.56 Å². The van der Waals surface area contributed by atoms with Crippen LogP contribution in [0.25, 0.3) is 11.4 Å². The van der Waals surface area contributed by atoms with Gasteiger partial charge < -0.3 is 9.26 Å². The first-order chi connectivity index (χ1) is 11.7. The Morgan fingerprint density at radius 2 is 2.16 bits per heavy atom. The van der Waals surface area contributed by atoms with Crippen molar-refractivity contribution < 1.29 is 19.0 Å². The second-order valence-corrected chi connectivity index (χ2v) is 6.52. The Balaban J connectivity index is 2.12. The highest BCUT2D eigenvalue weighted by molar-refractivity contribution is 5.76. The molecule has 0 aliphatic carbocycles. The van der Waals surface area contributed by atoms with Crippen molar-refractivity contribution in [3.8, 4) is 11.4 Å². The van der Waals surface area contributed by atoms with Crippen molar-refractivity contribution in [1.82, 2.24) is 15.5 Å².